The summed E-state index contributed by atoms with van der Waals surface area (Å²) in [5, 5.41) is 9.03. The fourth-order valence-corrected chi connectivity index (χ4v) is 1.96. The number of carboxylic acids is 1. The molecule has 0 unspecified atom stereocenters. The van der Waals surface area contributed by atoms with Crippen molar-refractivity contribution in [3.63, 3.8) is 0 Å². The molecule has 0 amide bonds. The van der Waals surface area contributed by atoms with E-state index in [0.717, 1.165) is 0 Å². The number of benzene rings is 1. The molecule has 2 rings (SSSR count). The van der Waals surface area contributed by atoms with Gasteiger partial charge in [0.25, 0.3) is 0 Å². The highest BCUT2D eigenvalue weighted by Crippen LogP contribution is 2.21. The van der Waals surface area contributed by atoms with Gasteiger partial charge >= 0.3 is 5.97 Å². The fourth-order valence-electron chi connectivity index (χ4n) is 1.54. The molecule has 0 saturated carbocycles. The molecule has 17 heavy (non-hydrogen) atoms. The van der Waals surface area contributed by atoms with Crippen molar-refractivity contribution in [2.75, 3.05) is 0 Å². The van der Waals surface area contributed by atoms with Crippen LogP contribution in [0, 0.1) is 12.7 Å². The number of hydrogen-bond acceptors (Lipinski definition) is 1. The summed E-state index contributed by atoms with van der Waals surface area (Å²) in [6.45, 7) is 1.66. The molecule has 0 aliphatic carbocycles. The monoisotopic (exact) mass is 297 g/mol. The van der Waals surface area contributed by atoms with Crippen molar-refractivity contribution in [2.24, 2.45) is 0 Å². The van der Waals surface area contributed by atoms with E-state index < -0.39 is 5.97 Å². The summed E-state index contributed by atoms with van der Waals surface area (Å²) in [5.74, 6) is -1.42. The molecule has 1 N–H and O–H groups in total. The zero-order chi connectivity index (χ0) is 12.6. The standard InChI is InChI=1S/C12H9BrFNO2/c1-7-2-3-9(5-10(7)14)15-6-8(13)4-11(15)12(16)17/h2-6H,1H3,(H,16,17). The van der Waals surface area contributed by atoms with Gasteiger partial charge in [-0.25, -0.2) is 9.18 Å². The summed E-state index contributed by atoms with van der Waals surface area (Å²) >= 11 is 3.20. The van der Waals surface area contributed by atoms with Gasteiger partial charge in [0.05, 0.1) is 0 Å². The second-order valence-corrected chi connectivity index (χ2v) is 4.57. The number of hydrogen-bond donors (Lipinski definition) is 1. The van der Waals surface area contributed by atoms with Gasteiger partial charge in [0.2, 0.25) is 0 Å². The van der Waals surface area contributed by atoms with E-state index in [1.165, 1.54) is 16.7 Å². The highest BCUT2D eigenvalue weighted by Gasteiger charge is 2.13. The van der Waals surface area contributed by atoms with Crippen molar-refractivity contribution in [1.82, 2.24) is 4.57 Å². The molecule has 1 heterocycles. The van der Waals surface area contributed by atoms with Gasteiger partial charge in [-0.15, -0.1) is 0 Å². The second kappa shape index (κ2) is 4.33. The number of halogens is 2. The molecule has 0 fully saturated rings. The first kappa shape index (κ1) is 11.9. The minimum Gasteiger partial charge on any atom is -0.477 e. The lowest BCUT2D eigenvalue weighted by Crippen LogP contribution is -2.05. The summed E-state index contributed by atoms with van der Waals surface area (Å²) in [6, 6.07) is 6.08. The molecular weight excluding hydrogens is 289 g/mol. The van der Waals surface area contributed by atoms with E-state index in [9.17, 15) is 9.18 Å². The predicted octanol–water partition coefficient (Wildman–Crippen LogP) is 3.39. The van der Waals surface area contributed by atoms with Crippen LogP contribution in [0.4, 0.5) is 4.39 Å². The summed E-state index contributed by atoms with van der Waals surface area (Å²) in [6.07, 6.45) is 1.59. The van der Waals surface area contributed by atoms with E-state index in [1.807, 2.05) is 0 Å². The third kappa shape index (κ3) is 2.24. The Balaban J connectivity index is 2.59. The Morgan fingerprint density at radius 2 is 2.12 bits per heavy atom. The summed E-state index contributed by atoms with van der Waals surface area (Å²) in [4.78, 5) is 11.0. The number of aromatic carboxylic acids is 1. The van der Waals surface area contributed by atoms with Crippen molar-refractivity contribution in [3.05, 3.63) is 52.0 Å². The fraction of sp³-hybridized carbons (Fsp3) is 0.0833. The van der Waals surface area contributed by atoms with Crippen LogP contribution in [-0.2, 0) is 0 Å². The maximum Gasteiger partial charge on any atom is 0.352 e. The lowest BCUT2D eigenvalue weighted by atomic mass is 10.2. The lowest BCUT2D eigenvalue weighted by Gasteiger charge is -2.07. The van der Waals surface area contributed by atoms with E-state index in [4.69, 9.17) is 5.11 Å². The first-order valence-electron chi connectivity index (χ1n) is 4.87. The molecule has 3 nitrogen and oxygen atoms in total. The molecule has 0 aliphatic heterocycles. The van der Waals surface area contributed by atoms with Crippen LogP contribution in [0.2, 0.25) is 0 Å². The molecule has 0 bridgehead atoms. The van der Waals surface area contributed by atoms with Crippen molar-refractivity contribution >= 4 is 21.9 Å². The lowest BCUT2D eigenvalue weighted by molar-refractivity contribution is 0.0688. The molecule has 0 spiro atoms. The van der Waals surface area contributed by atoms with Gasteiger partial charge in [-0.2, -0.15) is 0 Å². The van der Waals surface area contributed by atoms with Crippen LogP contribution in [0.3, 0.4) is 0 Å². The Bertz CT molecular complexity index is 592. The van der Waals surface area contributed by atoms with E-state index in [2.05, 4.69) is 15.9 Å². The minimum absolute atomic E-state index is 0.0835. The van der Waals surface area contributed by atoms with Crippen molar-refractivity contribution in [3.8, 4) is 5.69 Å². The normalized spacial score (nSPS) is 10.5. The van der Waals surface area contributed by atoms with Gasteiger partial charge in [-0.1, -0.05) is 6.07 Å². The van der Waals surface area contributed by atoms with Gasteiger partial charge in [0.15, 0.2) is 0 Å². The zero-order valence-corrected chi connectivity index (χ0v) is 10.5. The van der Waals surface area contributed by atoms with Crippen LogP contribution in [0.5, 0.6) is 0 Å². The van der Waals surface area contributed by atoms with Crippen molar-refractivity contribution < 1.29 is 14.3 Å². The topological polar surface area (TPSA) is 42.2 Å². The molecule has 88 valence electrons. The molecule has 2 aromatic rings. The molecule has 1 aromatic heterocycles. The van der Waals surface area contributed by atoms with E-state index >= 15 is 0 Å². The number of aromatic nitrogens is 1. The third-order valence-electron chi connectivity index (χ3n) is 2.44. The molecule has 0 aliphatic rings. The average Bonchev–Trinajstić information content (AvgIpc) is 2.64. The van der Waals surface area contributed by atoms with Gasteiger partial charge in [0, 0.05) is 16.4 Å². The molecular formula is C12H9BrFNO2. The highest BCUT2D eigenvalue weighted by molar-refractivity contribution is 9.10. The largest absolute Gasteiger partial charge is 0.477 e. The second-order valence-electron chi connectivity index (χ2n) is 3.65. The number of carboxylic acid groups (broad SMARTS) is 1. The summed E-state index contributed by atoms with van der Waals surface area (Å²) < 4.78 is 15.5. The Morgan fingerprint density at radius 3 is 2.71 bits per heavy atom. The highest BCUT2D eigenvalue weighted by atomic mass is 79.9. The first-order chi connectivity index (χ1) is 7.99. The zero-order valence-electron chi connectivity index (χ0n) is 8.95. The van der Waals surface area contributed by atoms with Gasteiger partial charge in [0.1, 0.15) is 11.5 Å². The number of nitrogens with zero attached hydrogens (tertiary/aromatic N) is 1. The van der Waals surface area contributed by atoms with Crippen LogP contribution in [0.15, 0.2) is 34.9 Å². The molecule has 1 aromatic carbocycles. The van der Waals surface area contributed by atoms with Gasteiger partial charge in [-0.05, 0) is 46.6 Å². The van der Waals surface area contributed by atoms with E-state index in [-0.39, 0.29) is 11.5 Å². The number of aryl methyl sites for hydroxylation is 1. The Labute approximate surface area is 106 Å². The Morgan fingerprint density at radius 1 is 1.41 bits per heavy atom. The summed E-state index contributed by atoms with van der Waals surface area (Å²) in [7, 11) is 0. The van der Waals surface area contributed by atoms with Gasteiger partial charge < -0.3 is 9.67 Å². The SMILES string of the molecule is Cc1ccc(-n2cc(Br)cc2C(=O)O)cc1F. The van der Waals surface area contributed by atoms with Crippen molar-refractivity contribution in [2.45, 2.75) is 6.92 Å². The summed E-state index contributed by atoms with van der Waals surface area (Å²) in [5.41, 5.74) is 1.09. The Hall–Kier alpha value is -1.62. The van der Waals surface area contributed by atoms with Crippen LogP contribution >= 0.6 is 15.9 Å². The van der Waals surface area contributed by atoms with E-state index in [0.29, 0.717) is 15.7 Å². The molecule has 0 radical (unpaired) electrons. The van der Waals surface area contributed by atoms with Gasteiger partial charge in [-0.3, -0.25) is 0 Å². The molecule has 0 saturated heterocycles. The van der Waals surface area contributed by atoms with Crippen LogP contribution < -0.4 is 0 Å². The Kier molecular flexibility index (Phi) is 3.02. The molecule has 0 atom stereocenters. The quantitative estimate of drug-likeness (QED) is 0.923. The number of rotatable bonds is 2. The predicted molar refractivity (Wildman–Crippen MR) is 65.1 cm³/mol. The van der Waals surface area contributed by atoms with Crippen LogP contribution in [0.1, 0.15) is 16.1 Å². The maximum atomic E-state index is 13.4. The van der Waals surface area contributed by atoms with Crippen molar-refractivity contribution in [1.29, 1.82) is 0 Å². The minimum atomic E-state index is -1.06. The van der Waals surface area contributed by atoms with Crippen LogP contribution in [0.25, 0.3) is 5.69 Å². The molecule has 5 heteroatoms. The first-order valence-corrected chi connectivity index (χ1v) is 5.66. The third-order valence-corrected chi connectivity index (χ3v) is 2.87. The number of carbonyl (C=O) groups is 1. The van der Waals surface area contributed by atoms with E-state index in [1.54, 1.807) is 25.3 Å². The smallest absolute Gasteiger partial charge is 0.352 e. The van der Waals surface area contributed by atoms with Crippen LogP contribution in [-0.4, -0.2) is 15.6 Å². The average molecular weight is 298 g/mol. The maximum absolute atomic E-state index is 13.4.